The van der Waals surface area contributed by atoms with Gasteiger partial charge in [0, 0.05) is 32.2 Å². The summed E-state index contributed by atoms with van der Waals surface area (Å²) in [4.78, 5) is 5.04. The summed E-state index contributed by atoms with van der Waals surface area (Å²) in [6.45, 7) is 12.8. The van der Waals surface area contributed by atoms with Crippen LogP contribution in [0.2, 0.25) is 0 Å². The summed E-state index contributed by atoms with van der Waals surface area (Å²) < 4.78 is 0. The molecule has 16 heavy (non-hydrogen) atoms. The number of likely N-dealkylation sites (tertiary alicyclic amines) is 1. The molecule has 1 N–H and O–H groups in total. The first kappa shape index (κ1) is 13.7. The van der Waals surface area contributed by atoms with Crippen LogP contribution >= 0.6 is 0 Å². The Morgan fingerprint density at radius 2 is 2.38 bits per heavy atom. The summed E-state index contributed by atoms with van der Waals surface area (Å²) >= 11 is 0. The van der Waals surface area contributed by atoms with E-state index in [-0.39, 0.29) is 0 Å². The lowest BCUT2D eigenvalue weighted by Crippen LogP contribution is -2.40. The molecule has 0 amide bonds. The van der Waals surface area contributed by atoms with Gasteiger partial charge in [-0.2, -0.15) is 0 Å². The quantitative estimate of drug-likeness (QED) is 0.494. The van der Waals surface area contributed by atoms with Crippen molar-refractivity contribution in [1.82, 2.24) is 15.1 Å². The van der Waals surface area contributed by atoms with E-state index in [4.69, 9.17) is 0 Å². The van der Waals surface area contributed by atoms with Crippen LogP contribution in [-0.2, 0) is 0 Å². The topological polar surface area (TPSA) is 18.5 Å². The molecule has 0 bridgehead atoms. The number of rotatable bonds is 8. The molecule has 1 unspecified atom stereocenters. The zero-order valence-corrected chi connectivity index (χ0v) is 10.9. The zero-order chi connectivity index (χ0) is 11.8. The summed E-state index contributed by atoms with van der Waals surface area (Å²) in [5, 5.41) is 3.34. The van der Waals surface area contributed by atoms with Gasteiger partial charge in [0.05, 0.1) is 0 Å². The van der Waals surface area contributed by atoms with Gasteiger partial charge in [0.1, 0.15) is 0 Å². The third kappa shape index (κ3) is 4.64. The van der Waals surface area contributed by atoms with Crippen LogP contribution in [0.25, 0.3) is 0 Å². The molecule has 1 saturated heterocycles. The molecule has 3 nitrogen and oxygen atoms in total. The lowest BCUT2D eigenvalue weighted by molar-refractivity contribution is 0.199. The molecular weight excluding hydrogens is 198 g/mol. The first-order valence-electron chi connectivity index (χ1n) is 6.52. The van der Waals surface area contributed by atoms with Crippen molar-refractivity contribution < 1.29 is 0 Å². The maximum Gasteiger partial charge on any atom is 0.0223 e. The first-order valence-corrected chi connectivity index (χ1v) is 6.52. The fourth-order valence-electron chi connectivity index (χ4n) is 2.44. The minimum absolute atomic E-state index is 0.786. The lowest BCUT2D eigenvalue weighted by atomic mass is 10.2. The number of hydrogen-bond donors (Lipinski definition) is 1. The van der Waals surface area contributed by atoms with Crippen LogP contribution in [0.5, 0.6) is 0 Å². The predicted molar refractivity (Wildman–Crippen MR) is 70.8 cm³/mol. The van der Waals surface area contributed by atoms with Gasteiger partial charge in [0.2, 0.25) is 0 Å². The molecule has 94 valence electrons. The highest BCUT2D eigenvalue weighted by Crippen LogP contribution is 2.16. The molecule has 1 aliphatic rings. The van der Waals surface area contributed by atoms with E-state index in [1.807, 2.05) is 6.08 Å². The normalized spacial score (nSPS) is 21.8. The minimum atomic E-state index is 0.786. The highest BCUT2D eigenvalue weighted by Gasteiger charge is 2.23. The van der Waals surface area contributed by atoms with Gasteiger partial charge in [0.25, 0.3) is 0 Å². The maximum atomic E-state index is 3.70. The molecule has 1 rings (SSSR count). The van der Waals surface area contributed by atoms with Crippen molar-refractivity contribution in [2.24, 2.45) is 0 Å². The van der Waals surface area contributed by atoms with Crippen LogP contribution in [0.4, 0.5) is 0 Å². The van der Waals surface area contributed by atoms with Gasteiger partial charge in [-0.25, -0.2) is 0 Å². The predicted octanol–water partition coefficient (Wildman–Crippen LogP) is 1.18. The van der Waals surface area contributed by atoms with Crippen molar-refractivity contribution in [3.63, 3.8) is 0 Å². The maximum absolute atomic E-state index is 3.70. The fourth-order valence-corrected chi connectivity index (χ4v) is 2.44. The molecule has 0 aromatic carbocycles. The highest BCUT2D eigenvalue weighted by atomic mass is 15.2. The van der Waals surface area contributed by atoms with Crippen LogP contribution in [-0.4, -0.2) is 62.2 Å². The Labute approximate surface area is 100 Å². The Kier molecular flexibility index (Phi) is 6.69. The standard InChI is InChI=1S/C13H27N3/c1-4-8-14-9-11-15(3)12-13-7-6-10-16(13)5-2/h4,13-14H,1,5-12H2,2-3H3. The largest absolute Gasteiger partial charge is 0.312 e. The molecule has 0 radical (unpaired) electrons. The van der Waals surface area contributed by atoms with E-state index in [2.05, 4.69) is 35.7 Å². The van der Waals surface area contributed by atoms with E-state index in [0.29, 0.717) is 0 Å². The van der Waals surface area contributed by atoms with Crippen LogP contribution in [0.3, 0.4) is 0 Å². The molecule has 1 aliphatic heterocycles. The van der Waals surface area contributed by atoms with E-state index in [9.17, 15) is 0 Å². The minimum Gasteiger partial charge on any atom is -0.312 e. The van der Waals surface area contributed by atoms with E-state index in [0.717, 1.165) is 25.7 Å². The lowest BCUT2D eigenvalue weighted by Gasteiger charge is -2.27. The van der Waals surface area contributed by atoms with E-state index < -0.39 is 0 Å². The molecule has 1 atom stereocenters. The van der Waals surface area contributed by atoms with Gasteiger partial charge in [-0.3, -0.25) is 4.90 Å². The molecule has 1 fully saturated rings. The molecule has 0 aromatic rings. The van der Waals surface area contributed by atoms with Crippen molar-refractivity contribution in [2.45, 2.75) is 25.8 Å². The Morgan fingerprint density at radius 1 is 1.56 bits per heavy atom. The van der Waals surface area contributed by atoms with Crippen molar-refractivity contribution >= 4 is 0 Å². The van der Waals surface area contributed by atoms with Crippen molar-refractivity contribution in [3.05, 3.63) is 12.7 Å². The summed E-state index contributed by atoms with van der Waals surface area (Å²) in [5.74, 6) is 0. The monoisotopic (exact) mass is 225 g/mol. The van der Waals surface area contributed by atoms with Crippen molar-refractivity contribution in [1.29, 1.82) is 0 Å². The second-order valence-corrected chi connectivity index (χ2v) is 4.68. The van der Waals surface area contributed by atoms with E-state index in [1.54, 1.807) is 0 Å². The van der Waals surface area contributed by atoms with Crippen LogP contribution < -0.4 is 5.32 Å². The van der Waals surface area contributed by atoms with Gasteiger partial charge in [-0.1, -0.05) is 13.0 Å². The Bertz CT molecular complexity index is 194. The van der Waals surface area contributed by atoms with Gasteiger partial charge in [-0.15, -0.1) is 6.58 Å². The summed E-state index contributed by atoms with van der Waals surface area (Å²) in [6.07, 6.45) is 4.66. The number of nitrogens with one attached hydrogen (secondary N) is 1. The zero-order valence-electron chi connectivity index (χ0n) is 10.9. The number of likely N-dealkylation sites (N-methyl/N-ethyl adjacent to an activating group) is 2. The van der Waals surface area contributed by atoms with Crippen molar-refractivity contribution in [3.8, 4) is 0 Å². The third-order valence-electron chi connectivity index (χ3n) is 3.39. The van der Waals surface area contributed by atoms with Gasteiger partial charge < -0.3 is 10.2 Å². The molecule has 0 aromatic heterocycles. The number of hydrogen-bond acceptors (Lipinski definition) is 3. The second kappa shape index (κ2) is 7.82. The molecule has 3 heteroatoms. The summed E-state index contributed by atoms with van der Waals surface area (Å²) in [7, 11) is 2.22. The van der Waals surface area contributed by atoms with Gasteiger partial charge >= 0.3 is 0 Å². The Balaban J connectivity index is 2.12. The Morgan fingerprint density at radius 3 is 3.06 bits per heavy atom. The van der Waals surface area contributed by atoms with Crippen LogP contribution in [0.15, 0.2) is 12.7 Å². The smallest absolute Gasteiger partial charge is 0.0223 e. The molecule has 0 spiro atoms. The van der Waals surface area contributed by atoms with E-state index >= 15 is 0 Å². The molecule has 0 aliphatic carbocycles. The van der Waals surface area contributed by atoms with Crippen LogP contribution in [0.1, 0.15) is 19.8 Å². The SMILES string of the molecule is C=CCNCCN(C)CC1CCCN1CC. The molecule has 1 heterocycles. The van der Waals surface area contributed by atoms with Gasteiger partial charge in [0.15, 0.2) is 0 Å². The average Bonchev–Trinajstić information content (AvgIpc) is 2.71. The Hall–Kier alpha value is -0.380. The first-order chi connectivity index (χ1) is 7.77. The second-order valence-electron chi connectivity index (χ2n) is 4.68. The van der Waals surface area contributed by atoms with Crippen molar-refractivity contribution in [2.75, 3.05) is 46.3 Å². The summed E-state index contributed by atoms with van der Waals surface area (Å²) in [6, 6.07) is 0.786. The summed E-state index contributed by atoms with van der Waals surface area (Å²) in [5.41, 5.74) is 0. The highest BCUT2D eigenvalue weighted by molar-refractivity contribution is 4.80. The fraction of sp³-hybridized carbons (Fsp3) is 0.846. The van der Waals surface area contributed by atoms with Crippen LogP contribution in [0, 0.1) is 0 Å². The third-order valence-corrected chi connectivity index (χ3v) is 3.39. The van der Waals surface area contributed by atoms with E-state index in [1.165, 1.54) is 32.5 Å². The molecule has 0 saturated carbocycles. The average molecular weight is 225 g/mol. The van der Waals surface area contributed by atoms with Gasteiger partial charge in [-0.05, 0) is 33.0 Å². The molecular formula is C13H27N3. The number of nitrogens with zero attached hydrogens (tertiary/aromatic N) is 2.